The highest BCUT2D eigenvalue weighted by atomic mass is 16.5. The van der Waals surface area contributed by atoms with E-state index in [-0.39, 0.29) is 6.61 Å². The van der Waals surface area contributed by atoms with Gasteiger partial charge in [-0.2, -0.15) is 0 Å². The Morgan fingerprint density at radius 1 is 0.967 bits per heavy atom. The van der Waals surface area contributed by atoms with E-state index in [2.05, 4.69) is 38.9 Å². The van der Waals surface area contributed by atoms with Crippen LogP contribution in [0.2, 0.25) is 0 Å². The monoisotopic (exact) mass is 428 g/mol. The molecule has 9 heteroatoms. The zero-order chi connectivity index (χ0) is 22.3. The van der Waals surface area contributed by atoms with Crippen molar-refractivity contribution in [2.75, 3.05) is 64.1 Å². The van der Waals surface area contributed by atoms with Crippen LogP contribution in [0.3, 0.4) is 0 Å². The summed E-state index contributed by atoms with van der Waals surface area (Å²) in [6.45, 7) is 14.4. The molecule has 1 saturated heterocycles. The Hall–Kier alpha value is -1.94. The standard InChI is InChI=1S/C9H15NO4.C7H11N3O.C3H8.C2H6/c11-3-6-13-8-7-12-4-1-9-2-5-14-10-9;1-6-11-9-7(1)10-4-2-8-3-5-10;1-3-2;1-2/h2,5,11H,1,3-4,6-8H2;1,6,8H,2-5H2;3H2,1-2H3;1-2H3. The molecule has 174 valence electrons. The highest BCUT2D eigenvalue weighted by molar-refractivity contribution is 5.36. The fourth-order valence-corrected chi connectivity index (χ4v) is 2.19. The summed E-state index contributed by atoms with van der Waals surface area (Å²) in [6.07, 6.45) is 5.15. The van der Waals surface area contributed by atoms with Crippen molar-refractivity contribution in [3.63, 3.8) is 0 Å². The van der Waals surface area contributed by atoms with Crippen molar-refractivity contribution in [3.8, 4) is 0 Å². The van der Waals surface area contributed by atoms with Gasteiger partial charge in [-0.05, 0) is 0 Å². The molecular weight excluding hydrogens is 388 g/mol. The quantitative estimate of drug-likeness (QED) is 0.583. The molecule has 30 heavy (non-hydrogen) atoms. The van der Waals surface area contributed by atoms with E-state index in [1.165, 1.54) is 6.42 Å². The Labute approximate surface area is 180 Å². The van der Waals surface area contributed by atoms with Crippen LogP contribution in [0.4, 0.5) is 5.82 Å². The maximum atomic E-state index is 8.41. The molecule has 1 aliphatic heterocycles. The third-order valence-electron chi connectivity index (χ3n) is 3.47. The van der Waals surface area contributed by atoms with Crippen LogP contribution < -0.4 is 10.2 Å². The number of hydrogen-bond donors (Lipinski definition) is 2. The van der Waals surface area contributed by atoms with Crippen molar-refractivity contribution in [2.24, 2.45) is 0 Å². The highest BCUT2D eigenvalue weighted by Crippen LogP contribution is 2.09. The Morgan fingerprint density at radius 3 is 2.10 bits per heavy atom. The number of hydrogen-bond acceptors (Lipinski definition) is 9. The van der Waals surface area contributed by atoms with Gasteiger partial charge in [0.1, 0.15) is 12.5 Å². The van der Waals surface area contributed by atoms with Crippen molar-refractivity contribution < 1.29 is 23.6 Å². The molecule has 1 fully saturated rings. The molecule has 2 aromatic rings. The maximum absolute atomic E-state index is 8.41. The summed E-state index contributed by atoms with van der Waals surface area (Å²) in [5.41, 5.74) is 0.890. The molecule has 3 rings (SSSR count). The number of anilines is 1. The van der Waals surface area contributed by atoms with Crippen molar-refractivity contribution in [2.45, 2.75) is 40.5 Å². The van der Waals surface area contributed by atoms with Gasteiger partial charge < -0.3 is 33.8 Å². The second kappa shape index (κ2) is 21.8. The minimum atomic E-state index is 0.0545. The van der Waals surface area contributed by atoms with Gasteiger partial charge in [-0.15, -0.1) is 0 Å². The second-order valence-corrected chi connectivity index (χ2v) is 5.99. The minimum Gasteiger partial charge on any atom is -0.394 e. The number of nitrogens with one attached hydrogen (secondary N) is 1. The van der Waals surface area contributed by atoms with Gasteiger partial charge in [0, 0.05) is 44.7 Å². The predicted molar refractivity (Wildman–Crippen MR) is 118 cm³/mol. The molecule has 3 heterocycles. The molecule has 0 bridgehead atoms. The zero-order valence-electron chi connectivity index (χ0n) is 19.0. The van der Waals surface area contributed by atoms with Gasteiger partial charge in [0.15, 0.2) is 5.82 Å². The topological polar surface area (TPSA) is 106 Å². The summed E-state index contributed by atoms with van der Waals surface area (Å²) in [4.78, 5) is 2.21. The summed E-state index contributed by atoms with van der Waals surface area (Å²) in [5.74, 6) is 0.950. The first-order valence-electron chi connectivity index (χ1n) is 10.8. The number of piperazine rings is 1. The fourth-order valence-electron chi connectivity index (χ4n) is 2.19. The van der Waals surface area contributed by atoms with Crippen LogP contribution >= 0.6 is 0 Å². The Balaban J connectivity index is 0.000000469. The van der Waals surface area contributed by atoms with Crippen molar-refractivity contribution in [3.05, 3.63) is 30.4 Å². The summed E-state index contributed by atoms with van der Waals surface area (Å²) in [6, 6.07) is 3.71. The number of aromatic nitrogens is 2. The van der Waals surface area contributed by atoms with E-state index in [4.69, 9.17) is 19.1 Å². The lowest BCUT2D eigenvalue weighted by Crippen LogP contribution is -2.43. The Kier molecular flexibility index (Phi) is 20.4. The third-order valence-corrected chi connectivity index (χ3v) is 3.47. The molecule has 0 spiro atoms. The van der Waals surface area contributed by atoms with E-state index < -0.39 is 0 Å². The Bertz CT molecular complexity index is 532. The van der Waals surface area contributed by atoms with Gasteiger partial charge in [-0.25, -0.2) is 0 Å². The maximum Gasteiger partial charge on any atom is 0.172 e. The first kappa shape index (κ1) is 28.1. The predicted octanol–water partition coefficient (Wildman–Crippen LogP) is 2.77. The van der Waals surface area contributed by atoms with Crippen LogP contribution in [0.5, 0.6) is 0 Å². The molecule has 2 N–H and O–H groups in total. The molecule has 1 aliphatic rings. The van der Waals surface area contributed by atoms with E-state index >= 15 is 0 Å². The second-order valence-electron chi connectivity index (χ2n) is 5.99. The number of rotatable bonds is 9. The molecule has 0 unspecified atom stereocenters. The summed E-state index contributed by atoms with van der Waals surface area (Å²) < 4.78 is 19.7. The van der Waals surface area contributed by atoms with Crippen LogP contribution in [0.25, 0.3) is 0 Å². The molecule has 0 amide bonds. The zero-order valence-corrected chi connectivity index (χ0v) is 19.0. The van der Waals surface area contributed by atoms with Crippen LogP contribution in [0, 0.1) is 0 Å². The average molecular weight is 429 g/mol. The lowest BCUT2D eigenvalue weighted by Gasteiger charge is -2.26. The molecule has 0 radical (unpaired) electrons. The van der Waals surface area contributed by atoms with Crippen LogP contribution in [0.15, 0.2) is 33.7 Å². The number of aliphatic hydroxyl groups excluding tert-OH is 1. The number of nitrogens with zero attached hydrogens (tertiary/aromatic N) is 3. The molecule has 0 atom stereocenters. The highest BCUT2D eigenvalue weighted by Gasteiger charge is 2.11. The van der Waals surface area contributed by atoms with Gasteiger partial charge in [0.2, 0.25) is 0 Å². The first-order valence-corrected chi connectivity index (χ1v) is 10.8. The SMILES string of the molecule is CC.CCC.OCCOCCOCCc1ccon1.c1cc(N2CCNCC2)no1. The molecule has 9 nitrogen and oxygen atoms in total. The summed E-state index contributed by atoms with van der Waals surface area (Å²) in [7, 11) is 0. The van der Waals surface area contributed by atoms with Crippen molar-refractivity contribution in [1.29, 1.82) is 0 Å². The average Bonchev–Trinajstić information content (AvgIpc) is 3.51. The van der Waals surface area contributed by atoms with E-state index in [1.807, 2.05) is 26.0 Å². The Morgan fingerprint density at radius 2 is 1.57 bits per heavy atom. The van der Waals surface area contributed by atoms with Crippen molar-refractivity contribution in [1.82, 2.24) is 15.6 Å². The molecule has 0 aromatic carbocycles. The third kappa shape index (κ3) is 15.0. The molecule has 0 aliphatic carbocycles. The van der Waals surface area contributed by atoms with Crippen LogP contribution in [-0.4, -0.2) is 74.6 Å². The van der Waals surface area contributed by atoms with E-state index in [1.54, 1.807) is 12.5 Å². The van der Waals surface area contributed by atoms with E-state index in [9.17, 15) is 0 Å². The number of aliphatic hydroxyl groups is 1. The smallest absolute Gasteiger partial charge is 0.172 e. The fraction of sp³-hybridized carbons (Fsp3) is 0.714. The van der Waals surface area contributed by atoms with E-state index in [0.29, 0.717) is 26.4 Å². The minimum absolute atomic E-state index is 0.0545. The first-order chi connectivity index (χ1) is 14.8. The normalized spacial score (nSPS) is 12.6. The molecule has 2 aromatic heterocycles. The van der Waals surface area contributed by atoms with Gasteiger partial charge in [0.25, 0.3) is 0 Å². The lowest BCUT2D eigenvalue weighted by atomic mass is 10.3. The van der Waals surface area contributed by atoms with Gasteiger partial charge in [0.05, 0.1) is 38.7 Å². The number of ether oxygens (including phenoxy) is 2. The largest absolute Gasteiger partial charge is 0.394 e. The van der Waals surface area contributed by atoms with Gasteiger partial charge in [-0.1, -0.05) is 44.4 Å². The van der Waals surface area contributed by atoms with Gasteiger partial charge >= 0.3 is 0 Å². The van der Waals surface area contributed by atoms with Crippen LogP contribution in [-0.2, 0) is 15.9 Å². The van der Waals surface area contributed by atoms with Crippen molar-refractivity contribution >= 4 is 5.82 Å². The summed E-state index contributed by atoms with van der Waals surface area (Å²) in [5, 5.41) is 19.3. The van der Waals surface area contributed by atoms with Gasteiger partial charge in [-0.3, -0.25) is 0 Å². The summed E-state index contributed by atoms with van der Waals surface area (Å²) >= 11 is 0. The molecule has 0 saturated carbocycles. The molecular formula is C21H40N4O5. The van der Waals surface area contributed by atoms with E-state index in [0.717, 1.165) is 44.1 Å². The lowest BCUT2D eigenvalue weighted by molar-refractivity contribution is 0.0338. The van der Waals surface area contributed by atoms with Crippen LogP contribution in [0.1, 0.15) is 39.8 Å².